The summed E-state index contributed by atoms with van der Waals surface area (Å²) in [6.45, 7) is 0. The Hall–Kier alpha value is -2.01. The van der Waals surface area contributed by atoms with Gasteiger partial charge in [-0.3, -0.25) is 9.59 Å². The molecule has 0 aliphatic rings. The maximum atomic E-state index is 10.9. The summed E-state index contributed by atoms with van der Waals surface area (Å²) in [6.07, 6.45) is 1.31. The minimum Gasteiger partial charge on any atom is -0.481 e. The summed E-state index contributed by atoms with van der Waals surface area (Å²) >= 11 is 5.91. The first-order valence-electron chi connectivity index (χ1n) is 5.11. The number of furan rings is 1. The van der Waals surface area contributed by atoms with Gasteiger partial charge < -0.3 is 14.6 Å². The second-order valence-corrected chi connectivity index (χ2v) is 4.21. The van der Waals surface area contributed by atoms with Gasteiger partial charge in [0, 0.05) is 5.39 Å². The topological polar surface area (TPSA) is 87.7 Å². The van der Waals surface area contributed by atoms with Crippen molar-refractivity contribution in [3.63, 3.8) is 0 Å². The van der Waals surface area contributed by atoms with Crippen LogP contribution in [0.5, 0.6) is 0 Å². The molecule has 2 rings (SSSR count). The van der Waals surface area contributed by atoms with E-state index in [2.05, 4.69) is 0 Å². The van der Waals surface area contributed by atoms with Crippen LogP contribution >= 0.6 is 11.6 Å². The Morgan fingerprint density at radius 3 is 2.50 bits per heavy atom. The largest absolute Gasteiger partial charge is 0.481 e. The molecule has 0 spiro atoms. The maximum absolute atomic E-state index is 10.9. The molecule has 1 aromatic heterocycles. The Bertz CT molecular complexity index is 602. The molecular weight excluding hydrogens is 260 g/mol. The molecule has 0 aliphatic carbocycles. The van der Waals surface area contributed by atoms with Crippen LogP contribution in [0.25, 0.3) is 11.0 Å². The van der Waals surface area contributed by atoms with Crippen molar-refractivity contribution < 1.29 is 24.2 Å². The second kappa shape index (κ2) is 4.70. The standard InChI is InChI=1S/C12H9ClO5/c13-9-2-1-6(7-3-4-18-10(7)9)5-8(11(14)15)12(16)17/h1-4,8H,5H2,(H,14,15)(H,16,17). The summed E-state index contributed by atoms with van der Waals surface area (Å²) in [5, 5.41) is 18.7. The van der Waals surface area contributed by atoms with Gasteiger partial charge in [-0.1, -0.05) is 17.7 Å². The minimum absolute atomic E-state index is 0.113. The highest BCUT2D eigenvalue weighted by molar-refractivity contribution is 6.34. The fourth-order valence-electron chi connectivity index (χ4n) is 1.76. The van der Waals surface area contributed by atoms with Crippen LogP contribution < -0.4 is 0 Å². The van der Waals surface area contributed by atoms with Gasteiger partial charge in [-0.2, -0.15) is 0 Å². The van der Waals surface area contributed by atoms with Crippen molar-refractivity contribution >= 4 is 34.5 Å². The molecule has 0 radical (unpaired) electrons. The molecule has 6 heteroatoms. The number of hydrogen-bond acceptors (Lipinski definition) is 3. The van der Waals surface area contributed by atoms with E-state index in [0.717, 1.165) is 0 Å². The highest BCUT2D eigenvalue weighted by Crippen LogP contribution is 2.29. The van der Waals surface area contributed by atoms with Crippen LogP contribution in [-0.4, -0.2) is 22.2 Å². The summed E-state index contributed by atoms with van der Waals surface area (Å²) in [5.41, 5.74) is 1.02. The van der Waals surface area contributed by atoms with Gasteiger partial charge in [0.05, 0.1) is 11.3 Å². The van der Waals surface area contributed by atoms with Gasteiger partial charge in [0.1, 0.15) is 0 Å². The number of halogens is 1. The molecule has 0 bridgehead atoms. The molecule has 0 aliphatic heterocycles. The molecule has 0 unspecified atom stereocenters. The molecule has 1 aromatic carbocycles. The number of carbonyl (C=O) groups is 2. The van der Waals surface area contributed by atoms with Gasteiger partial charge in [-0.05, 0) is 24.1 Å². The molecule has 2 N–H and O–H groups in total. The van der Waals surface area contributed by atoms with E-state index in [9.17, 15) is 9.59 Å². The zero-order valence-electron chi connectivity index (χ0n) is 9.09. The highest BCUT2D eigenvalue weighted by Gasteiger charge is 2.27. The van der Waals surface area contributed by atoms with Gasteiger partial charge in [0.25, 0.3) is 0 Å². The van der Waals surface area contributed by atoms with Crippen LogP contribution in [0.1, 0.15) is 5.56 Å². The van der Waals surface area contributed by atoms with Crippen molar-refractivity contribution in [2.75, 3.05) is 0 Å². The molecule has 0 atom stereocenters. The Kier molecular flexibility index (Phi) is 3.25. The summed E-state index contributed by atoms with van der Waals surface area (Å²) in [5.74, 6) is -4.22. The van der Waals surface area contributed by atoms with E-state index in [1.54, 1.807) is 18.2 Å². The lowest BCUT2D eigenvalue weighted by atomic mass is 9.97. The van der Waals surface area contributed by atoms with E-state index in [0.29, 0.717) is 21.6 Å². The number of benzene rings is 1. The molecule has 0 fully saturated rings. The zero-order valence-corrected chi connectivity index (χ0v) is 9.85. The SMILES string of the molecule is O=C(O)C(Cc1ccc(Cl)c2occc12)C(=O)O. The van der Waals surface area contributed by atoms with E-state index < -0.39 is 17.9 Å². The molecule has 0 saturated carbocycles. The van der Waals surface area contributed by atoms with Crippen molar-refractivity contribution in [2.45, 2.75) is 6.42 Å². The van der Waals surface area contributed by atoms with E-state index in [-0.39, 0.29) is 6.42 Å². The van der Waals surface area contributed by atoms with Crippen LogP contribution in [0.3, 0.4) is 0 Å². The van der Waals surface area contributed by atoms with Crippen LogP contribution in [0.15, 0.2) is 28.9 Å². The lowest BCUT2D eigenvalue weighted by Crippen LogP contribution is -2.25. The number of carboxylic acid groups (broad SMARTS) is 2. The lowest BCUT2D eigenvalue weighted by molar-refractivity contribution is -0.154. The molecule has 5 nitrogen and oxygen atoms in total. The molecule has 94 valence electrons. The summed E-state index contributed by atoms with van der Waals surface area (Å²) in [7, 11) is 0. The average Bonchev–Trinajstić information content (AvgIpc) is 2.77. The van der Waals surface area contributed by atoms with Crippen LogP contribution in [0.2, 0.25) is 5.02 Å². The molecular formula is C12H9ClO5. The Morgan fingerprint density at radius 2 is 1.89 bits per heavy atom. The number of aliphatic carboxylic acids is 2. The first-order chi connectivity index (χ1) is 8.50. The van der Waals surface area contributed by atoms with Crippen molar-refractivity contribution in [2.24, 2.45) is 5.92 Å². The summed E-state index contributed by atoms with van der Waals surface area (Å²) in [4.78, 5) is 21.7. The number of hydrogen-bond donors (Lipinski definition) is 2. The molecule has 2 aromatic rings. The third-order valence-electron chi connectivity index (χ3n) is 2.68. The predicted octanol–water partition coefficient (Wildman–Crippen LogP) is 2.41. The van der Waals surface area contributed by atoms with E-state index >= 15 is 0 Å². The maximum Gasteiger partial charge on any atom is 0.318 e. The molecule has 0 amide bonds. The van der Waals surface area contributed by atoms with Crippen molar-refractivity contribution in [1.82, 2.24) is 0 Å². The predicted molar refractivity (Wildman–Crippen MR) is 63.7 cm³/mol. The lowest BCUT2D eigenvalue weighted by Gasteiger charge is -2.08. The smallest absolute Gasteiger partial charge is 0.318 e. The number of fused-ring (bicyclic) bond motifs is 1. The van der Waals surface area contributed by atoms with E-state index in [4.69, 9.17) is 26.2 Å². The fraction of sp³-hybridized carbons (Fsp3) is 0.167. The minimum atomic E-state index is -1.48. The van der Waals surface area contributed by atoms with Crippen LogP contribution in [0, 0.1) is 5.92 Å². The normalized spacial score (nSPS) is 11.0. The molecule has 18 heavy (non-hydrogen) atoms. The van der Waals surface area contributed by atoms with Crippen LogP contribution in [-0.2, 0) is 16.0 Å². The number of rotatable bonds is 4. The third kappa shape index (κ3) is 2.17. The second-order valence-electron chi connectivity index (χ2n) is 3.80. The molecule has 0 saturated heterocycles. The van der Waals surface area contributed by atoms with Crippen LogP contribution in [0.4, 0.5) is 0 Å². The van der Waals surface area contributed by atoms with Gasteiger partial charge in [-0.15, -0.1) is 0 Å². The Morgan fingerprint density at radius 1 is 1.22 bits per heavy atom. The first kappa shape index (κ1) is 12.4. The third-order valence-corrected chi connectivity index (χ3v) is 2.98. The van der Waals surface area contributed by atoms with Crippen molar-refractivity contribution in [1.29, 1.82) is 0 Å². The fourth-order valence-corrected chi connectivity index (χ4v) is 1.97. The van der Waals surface area contributed by atoms with Gasteiger partial charge in [-0.25, -0.2) is 0 Å². The first-order valence-corrected chi connectivity index (χ1v) is 5.48. The average molecular weight is 269 g/mol. The van der Waals surface area contributed by atoms with E-state index in [1.807, 2.05) is 0 Å². The zero-order chi connectivity index (χ0) is 13.3. The summed E-state index contributed by atoms with van der Waals surface area (Å²) in [6, 6.07) is 4.81. The summed E-state index contributed by atoms with van der Waals surface area (Å²) < 4.78 is 5.17. The molecule has 1 heterocycles. The van der Waals surface area contributed by atoms with Gasteiger partial charge in [0.2, 0.25) is 0 Å². The van der Waals surface area contributed by atoms with Gasteiger partial charge in [0.15, 0.2) is 11.5 Å². The van der Waals surface area contributed by atoms with Crippen molar-refractivity contribution in [3.05, 3.63) is 35.0 Å². The van der Waals surface area contributed by atoms with Crippen molar-refractivity contribution in [3.8, 4) is 0 Å². The van der Waals surface area contributed by atoms with Gasteiger partial charge >= 0.3 is 11.9 Å². The van der Waals surface area contributed by atoms with E-state index in [1.165, 1.54) is 6.26 Å². The Balaban J connectivity index is 2.43. The Labute approximate surface area is 107 Å². The monoisotopic (exact) mass is 268 g/mol. The number of carboxylic acids is 2. The highest BCUT2D eigenvalue weighted by atomic mass is 35.5. The quantitative estimate of drug-likeness (QED) is 0.832.